The number of hydrogen-bond acceptors (Lipinski definition) is 6. The number of fused-ring (bicyclic) bond motifs is 1. The summed E-state index contributed by atoms with van der Waals surface area (Å²) in [7, 11) is 0. The van der Waals surface area contributed by atoms with Gasteiger partial charge in [0.2, 0.25) is 5.95 Å². The zero-order chi connectivity index (χ0) is 15.8. The molecule has 0 spiro atoms. The highest BCUT2D eigenvalue weighted by Gasteiger charge is 2.21. The minimum Gasteiger partial charge on any atom is -0.368 e. The van der Waals surface area contributed by atoms with E-state index in [-0.39, 0.29) is 0 Å². The Balaban J connectivity index is 1.60. The number of hydrogen-bond donors (Lipinski definition) is 3. The molecule has 0 atom stereocenters. The molecule has 4 rings (SSSR count). The van der Waals surface area contributed by atoms with Crippen molar-refractivity contribution < 1.29 is 0 Å². The SMILES string of the molecule is CC(C)n1cc(Nc2nc(NCC3CC3)c3[nH]cnc3n2)cn1. The second kappa shape index (κ2) is 5.53. The van der Waals surface area contributed by atoms with Crippen molar-refractivity contribution in [2.24, 2.45) is 5.92 Å². The zero-order valence-electron chi connectivity index (χ0n) is 13.2. The molecule has 3 aromatic heterocycles. The molecule has 1 fully saturated rings. The molecule has 3 heterocycles. The largest absolute Gasteiger partial charge is 0.368 e. The lowest BCUT2D eigenvalue weighted by Crippen LogP contribution is -2.08. The Hall–Kier alpha value is -2.64. The number of imidazole rings is 1. The van der Waals surface area contributed by atoms with Crippen molar-refractivity contribution in [3.05, 3.63) is 18.7 Å². The molecule has 3 N–H and O–H groups in total. The van der Waals surface area contributed by atoms with Crippen LogP contribution in [0.5, 0.6) is 0 Å². The average Bonchev–Trinajstić information content (AvgIpc) is 3.03. The Morgan fingerprint density at radius 1 is 1.35 bits per heavy atom. The molecule has 0 bridgehead atoms. The third kappa shape index (κ3) is 2.96. The van der Waals surface area contributed by atoms with Crippen LogP contribution in [0.4, 0.5) is 17.5 Å². The highest BCUT2D eigenvalue weighted by atomic mass is 15.3. The predicted octanol–water partition coefficient (Wildman–Crippen LogP) is 2.70. The van der Waals surface area contributed by atoms with Crippen LogP contribution in [-0.4, -0.2) is 36.3 Å². The van der Waals surface area contributed by atoms with E-state index in [0.29, 0.717) is 17.6 Å². The van der Waals surface area contributed by atoms with Crippen molar-refractivity contribution in [3.8, 4) is 0 Å². The van der Waals surface area contributed by atoms with Gasteiger partial charge in [-0.15, -0.1) is 0 Å². The van der Waals surface area contributed by atoms with Gasteiger partial charge in [0.15, 0.2) is 11.5 Å². The van der Waals surface area contributed by atoms with E-state index < -0.39 is 0 Å². The Morgan fingerprint density at radius 3 is 2.96 bits per heavy atom. The van der Waals surface area contributed by atoms with Gasteiger partial charge in [0, 0.05) is 18.8 Å². The van der Waals surface area contributed by atoms with Crippen molar-refractivity contribution in [2.75, 3.05) is 17.2 Å². The van der Waals surface area contributed by atoms with E-state index in [1.54, 1.807) is 12.5 Å². The fourth-order valence-electron chi connectivity index (χ4n) is 2.39. The summed E-state index contributed by atoms with van der Waals surface area (Å²) in [4.78, 5) is 16.4. The Kier molecular flexibility index (Phi) is 3.36. The number of nitrogens with one attached hydrogen (secondary N) is 3. The van der Waals surface area contributed by atoms with Gasteiger partial charge in [-0.25, -0.2) is 4.98 Å². The fraction of sp³-hybridized carbons (Fsp3) is 0.467. The molecule has 8 heteroatoms. The van der Waals surface area contributed by atoms with E-state index >= 15 is 0 Å². The normalized spacial score (nSPS) is 14.6. The van der Waals surface area contributed by atoms with Gasteiger partial charge in [0.05, 0.1) is 18.2 Å². The lowest BCUT2D eigenvalue weighted by atomic mass is 10.4. The number of nitrogens with zero attached hydrogens (tertiary/aromatic N) is 5. The standard InChI is InChI=1S/C15H20N8/c1-9(2)23-7-11(6-19-23)20-15-21-13(16-5-10-3-4-10)12-14(22-15)18-8-17-12/h6-10H,3-5H2,1-2H3,(H3,16,17,18,20,21,22). The highest BCUT2D eigenvalue weighted by Crippen LogP contribution is 2.29. The van der Waals surface area contributed by atoms with Gasteiger partial charge in [0.25, 0.3) is 0 Å². The third-order valence-electron chi connectivity index (χ3n) is 3.93. The Morgan fingerprint density at radius 2 is 2.22 bits per heavy atom. The Bertz CT molecular complexity index is 814. The first-order valence-corrected chi connectivity index (χ1v) is 7.95. The molecule has 1 aliphatic carbocycles. The van der Waals surface area contributed by atoms with Gasteiger partial charge in [-0.1, -0.05) is 0 Å². The van der Waals surface area contributed by atoms with Crippen LogP contribution in [0.2, 0.25) is 0 Å². The summed E-state index contributed by atoms with van der Waals surface area (Å²) in [6.45, 7) is 5.11. The predicted molar refractivity (Wildman–Crippen MR) is 88.8 cm³/mol. The van der Waals surface area contributed by atoms with E-state index in [1.807, 2.05) is 10.9 Å². The van der Waals surface area contributed by atoms with E-state index in [1.165, 1.54) is 12.8 Å². The molecule has 1 saturated carbocycles. The maximum atomic E-state index is 4.58. The maximum Gasteiger partial charge on any atom is 0.231 e. The maximum absolute atomic E-state index is 4.58. The first-order chi connectivity index (χ1) is 11.2. The van der Waals surface area contributed by atoms with E-state index in [2.05, 4.69) is 49.5 Å². The zero-order valence-corrected chi connectivity index (χ0v) is 13.2. The average molecular weight is 312 g/mol. The number of aromatic nitrogens is 6. The molecule has 0 aromatic carbocycles. The van der Waals surface area contributed by atoms with Crippen LogP contribution < -0.4 is 10.6 Å². The molecule has 23 heavy (non-hydrogen) atoms. The molecule has 0 radical (unpaired) electrons. The number of rotatable bonds is 6. The van der Waals surface area contributed by atoms with Gasteiger partial charge in [-0.05, 0) is 32.6 Å². The molecule has 0 unspecified atom stereocenters. The monoisotopic (exact) mass is 312 g/mol. The summed E-state index contributed by atoms with van der Waals surface area (Å²) in [5, 5.41) is 10.9. The van der Waals surface area contributed by atoms with Gasteiger partial charge in [-0.2, -0.15) is 15.1 Å². The van der Waals surface area contributed by atoms with E-state index in [9.17, 15) is 0 Å². The van der Waals surface area contributed by atoms with Gasteiger partial charge in [0.1, 0.15) is 5.52 Å². The van der Waals surface area contributed by atoms with Crippen LogP contribution >= 0.6 is 0 Å². The van der Waals surface area contributed by atoms with Crippen molar-refractivity contribution in [1.29, 1.82) is 0 Å². The smallest absolute Gasteiger partial charge is 0.231 e. The molecule has 0 saturated heterocycles. The number of aromatic amines is 1. The number of H-pyrrole nitrogens is 1. The van der Waals surface area contributed by atoms with Crippen LogP contribution in [0.3, 0.4) is 0 Å². The molecule has 1 aliphatic rings. The summed E-state index contributed by atoms with van der Waals surface area (Å²) in [5.74, 6) is 2.08. The molecule has 8 nitrogen and oxygen atoms in total. The molecule has 0 amide bonds. The van der Waals surface area contributed by atoms with Crippen LogP contribution in [-0.2, 0) is 0 Å². The molecular weight excluding hydrogens is 292 g/mol. The lowest BCUT2D eigenvalue weighted by molar-refractivity contribution is 0.532. The summed E-state index contributed by atoms with van der Waals surface area (Å²) in [6, 6.07) is 0.316. The van der Waals surface area contributed by atoms with Crippen molar-refractivity contribution in [2.45, 2.75) is 32.7 Å². The summed E-state index contributed by atoms with van der Waals surface area (Å²) in [5.41, 5.74) is 2.35. The molecule has 3 aromatic rings. The summed E-state index contributed by atoms with van der Waals surface area (Å²) in [6.07, 6.45) is 7.95. The minimum atomic E-state index is 0.316. The van der Waals surface area contributed by atoms with Gasteiger partial charge < -0.3 is 15.6 Å². The minimum absolute atomic E-state index is 0.316. The first kappa shape index (κ1) is 14.0. The van der Waals surface area contributed by atoms with Crippen molar-refractivity contribution in [1.82, 2.24) is 29.7 Å². The van der Waals surface area contributed by atoms with E-state index in [4.69, 9.17) is 0 Å². The van der Waals surface area contributed by atoms with Crippen LogP contribution in [0.1, 0.15) is 32.7 Å². The van der Waals surface area contributed by atoms with Crippen molar-refractivity contribution >= 4 is 28.6 Å². The molecular formula is C15H20N8. The highest BCUT2D eigenvalue weighted by molar-refractivity contribution is 5.84. The summed E-state index contributed by atoms with van der Waals surface area (Å²) < 4.78 is 1.89. The van der Waals surface area contributed by atoms with Crippen molar-refractivity contribution in [3.63, 3.8) is 0 Å². The number of anilines is 3. The third-order valence-corrected chi connectivity index (χ3v) is 3.93. The molecule has 0 aliphatic heterocycles. The van der Waals surface area contributed by atoms with Crippen LogP contribution in [0, 0.1) is 5.92 Å². The van der Waals surface area contributed by atoms with Gasteiger partial charge in [-0.3, -0.25) is 4.68 Å². The van der Waals surface area contributed by atoms with Crippen LogP contribution in [0.15, 0.2) is 18.7 Å². The van der Waals surface area contributed by atoms with Crippen LogP contribution in [0.25, 0.3) is 11.2 Å². The fourth-order valence-corrected chi connectivity index (χ4v) is 2.39. The second-order valence-electron chi connectivity index (χ2n) is 6.25. The Labute approximate surface area is 133 Å². The van der Waals surface area contributed by atoms with Gasteiger partial charge >= 0.3 is 0 Å². The summed E-state index contributed by atoms with van der Waals surface area (Å²) >= 11 is 0. The quantitative estimate of drug-likeness (QED) is 0.647. The lowest BCUT2D eigenvalue weighted by Gasteiger charge is -2.08. The topological polar surface area (TPSA) is 96.3 Å². The second-order valence-corrected chi connectivity index (χ2v) is 6.25. The van der Waals surface area contributed by atoms with E-state index in [0.717, 1.165) is 29.5 Å². The molecule has 120 valence electrons. The first-order valence-electron chi connectivity index (χ1n) is 7.95.